The van der Waals surface area contributed by atoms with Crippen LogP contribution >= 0.6 is 11.6 Å². The summed E-state index contributed by atoms with van der Waals surface area (Å²) in [5.41, 5.74) is 0.361. The van der Waals surface area contributed by atoms with E-state index in [2.05, 4.69) is 74.5 Å². The number of piperidine rings is 2. The van der Waals surface area contributed by atoms with Crippen molar-refractivity contribution >= 4 is 11.6 Å². The maximum Gasteiger partial charge on any atom is 0.0573 e. The molecule has 0 saturated carbocycles. The lowest BCUT2D eigenvalue weighted by Crippen LogP contribution is -2.55. The number of likely N-dealkylation sites (tertiary alicyclic amines) is 1. The van der Waals surface area contributed by atoms with Gasteiger partial charge in [-0.05, 0) is 88.1 Å². The lowest BCUT2D eigenvalue weighted by Gasteiger charge is -2.48. The molecule has 0 amide bonds. The van der Waals surface area contributed by atoms with E-state index < -0.39 is 0 Å². The van der Waals surface area contributed by atoms with E-state index in [1.165, 1.54) is 45.3 Å². The molecule has 2 saturated heterocycles. The number of hydrogen-bond acceptors (Lipinski definition) is 4. The van der Waals surface area contributed by atoms with Crippen molar-refractivity contribution in [3.63, 3.8) is 0 Å². The van der Waals surface area contributed by atoms with Gasteiger partial charge in [0.25, 0.3) is 0 Å². The van der Waals surface area contributed by atoms with Crippen molar-refractivity contribution in [1.29, 1.82) is 0 Å². The molecule has 0 aromatic carbocycles. The first kappa shape index (κ1) is 37.9. The molecule has 0 aromatic heterocycles. The lowest BCUT2D eigenvalue weighted by atomic mass is 9.65. The van der Waals surface area contributed by atoms with Crippen LogP contribution in [0.1, 0.15) is 81.1 Å². The fourth-order valence-electron chi connectivity index (χ4n) is 6.32. The maximum absolute atomic E-state index is 6.31. The Balaban J connectivity index is 0. The quantitative estimate of drug-likeness (QED) is 0.308. The highest BCUT2D eigenvalue weighted by atomic mass is 35.5. The molecule has 9 N–H and O–H groups in total. The average molecular weight is 537 g/mol. The molecule has 2 heterocycles. The Morgan fingerprint density at radius 2 is 1.69 bits per heavy atom. The Labute approximate surface area is 227 Å². The van der Waals surface area contributed by atoms with Crippen molar-refractivity contribution in [3.05, 3.63) is 12.2 Å². The molecule has 0 spiro atoms. The van der Waals surface area contributed by atoms with Gasteiger partial charge in [-0.1, -0.05) is 47.3 Å². The van der Waals surface area contributed by atoms with Crippen molar-refractivity contribution < 1.29 is 16.4 Å². The Hall–Kier alpha value is -0.250. The van der Waals surface area contributed by atoms with Crippen molar-refractivity contribution in [2.24, 2.45) is 29.1 Å². The van der Waals surface area contributed by atoms with Crippen molar-refractivity contribution in [3.8, 4) is 0 Å². The van der Waals surface area contributed by atoms with Gasteiger partial charge in [-0.3, -0.25) is 5.32 Å². The summed E-state index contributed by atoms with van der Waals surface area (Å²) in [4.78, 5) is 2.74. The molecular formula is C28H61ClN4O3. The number of hydrogen-bond donors (Lipinski definition) is 3. The van der Waals surface area contributed by atoms with Crippen molar-refractivity contribution in [2.75, 3.05) is 32.7 Å². The Morgan fingerprint density at radius 1 is 1.00 bits per heavy atom. The largest absolute Gasteiger partial charge is 0.412 e. The highest BCUT2D eigenvalue weighted by Crippen LogP contribution is 2.43. The Bertz CT molecular complexity index is 597. The molecule has 5 unspecified atom stereocenters. The van der Waals surface area contributed by atoms with Crippen LogP contribution in [-0.4, -0.2) is 77.7 Å². The van der Waals surface area contributed by atoms with Crippen molar-refractivity contribution in [2.45, 2.75) is 105 Å². The van der Waals surface area contributed by atoms with Gasteiger partial charge in [0.1, 0.15) is 0 Å². The summed E-state index contributed by atoms with van der Waals surface area (Å²) >= 11 is 6.31. The smallest absolute Gasteiger partial charge is 0.0573 e. The molecule has 0 radical (unpaired) electrons. The van der Waals surface area contributed by atoms with Gasteiger partial charge in [0.15, 0.2) is 0 Å². The SMILES string of the molecule is C.CC(C)NC1CCC(CN[C@@H](CN2CCC(C3C=CC(Cl)CC3)C(C)(C)C2)C(C)C)CN1.O.O.O. The normalized spacial score (nSPS) is 31.0. The van der Waals surface area contributed by atoms with Crippen LogP contribution in [0, 0.1) is 29.1 Å². The van der Waals surface area contributed by atoms with Gasteiger partial charge in [-0.25, -0.2) is 0 Å². The van der Waals surface area contributed by atoms with E-state index in [0.29, 0.717) is 35.5 Å². The van der Waals surface area contributed by atoms with E-state index in [1.54, 1.807) is 0 Å². The third kappa shape index (κ3) is 11.2. The number of allylic oxidation sites excluding steroid dienone is 2. The highest BCUT2D eigenvalue weighted by Gasteiger charge is 2.40. The van der Waals surface area contributed by atoms with Crippen LogP contribution in [0.25, 0.3) is 0 Å². The van der Waals surface area contributed by atoms with Crippen LogP contribution in [0.3, 0.4) is 0 Å². The summed E-state index contributed by atoms with van der Waals surface area (Å²) in [5, 5.41) is 11.6. The molecule has 218 valence electrons. The monoisotopic (exact) mass is 536 g/mol. The van der Waals surface area contributed by atoms with Crippen LogP contribution < -0.4 is 16.0 Å². The van der Waals surface area contributed by atoms with Gasteiger partial charge in [0.05, 0.1) is 11.5 Å². The van der Waals surface area contributed by atoms with Crippen LogP contribution in [0.4, 0.5) is 0 Å². The van der Waals surface area contributed by atoms with E-state index in [-0.39, 0.29) is 29.2 Å². The summed E-state index contributed by atoms with van der Waals surface area (Å²) < 4.78 is 0. The van der Waals surface area contributed by atoms with Crippen LogP contribution in [-0.2, 0) is 0 Å². The van der Waals surface area contributed by atoms with Gasteiger partial charge >= 0.3 is 0 Å². The lowest BCUT2D eigenvalue weighted by molar-refractivity contribution is 0.0216. The minimum Gasteiger partial charge on any atom is -0.412 e. The molecular weight excluding hydrogens is 476 g/mol. The Morgan fingerprint density at radius 3 is 2.19 bits per heavy atom. The van der Waals surface area contributed by atoms with Gasteiger partial charge in [0.2, 0.25) is 0 Å². The fraction of sp³-hybridized carbons (Fsp3) is 0.929. The summed E-state index contributed by atoms with van der Waals surface area (Å²) in [6, 6.07) is 1.12. The Kier molecular flexibility index (Phi) is 18.3. The first-order valence-corrected chi connectivity index (χ1v) is 13.8. The van der Waals surface area contributed by atoms with E-state index in [0.717, 1.165) is 31.3 Å². The highest BCUT2D eigenvalue weighted by molar-refractivity contribution is 6.21. The molecule has 3 rings (SSSR count). The number of nitrogens with one attached hydrogen (secondary N) is 3. The zero-order valence-corrected chi connectivity index (χ0v) is 23.9. The van der Waals surface area contributed by atoms with E-state index in [9.17, 15) is 0 Å². The van der Waals surface area contributed by atoms with E-state index >= 15 is 0 Å². The number of rotatable bonds is 9. The zero-order valence-electron chi connectivity index (χ0n) is 23.2. The van der Waals surface area contributed by atoms with E-state index in [4.69, 9.17) is 11.6 Å². The zero-order chi connectivity index (χ0) is 23.3. The van der Waals surface area contributed by atoms with E-state index in [1.807, 2.05) is 0 Å². The number of alkyl halides is 1. The summed E-state index contributed by atoms with van der Waals surface area (Å²) in [7, 11) is 0. The second kappa shape index (κ2) is 17.4. The molecule has 0 bridgehead atoms. The van der Waals surface area contributed by atoms with Crippen LogP contribution in [0.15, 0.2) is 12.2 Å². The summed E-state index contributed by atoms with van der Waals surface area (Å²) in [6.45, 7) is 20.1. The second-order valence-corrected chi connectivity index (χ2v) is 12.8. The maximum atomic E-state index is 6.31. The summed E-state index contributed by atoms with van der Waals surface area (Å²) in [5.74, 6) is 2.90. The van der Waals surface area contributed by atoms with Crippen LogP contribution in [0.2, 0.25) is 0 Å². The summed E-state index contributed by atoms with van der Waals surface area (Å²) in [6.07, 6.45) is 11.4. The topological polar surface area (TPSA) is 134 Å². The molecule has 2 aliphatic heterocycles. The average Bonchev–Trinajstić information content (AvgIpc) is 2.72. The van der Waals surface area contributed by atoms with Gasteiger partial charge in [-0.15, -0.1) is 11.6 Å². The second-order valence-electron chi connectivity index (χ2n) is 12.2. The molecule has 2 fully saturated rings. The molecule has 0 aromatic rings. The first-order chi connectivity index (χ1) is 15.1. The van der Waals surface area contributed by atoms with Gasteiger partial charge < -0.3 is 32.0 Å². The third-order valence-electron chi connectivity index (χ3n) is 8.23. The predicted molar refractivity (Wildman–Crippen MR) is 157 cm³/mol. The predicted octanol–water partition coefficient (Wildman–Crippen LogP) is 3.01. The third-order valence-corrected chi connectivity index (χ3v) is 8.59. The van der Waals surface area contributed by atoms with Gasteiger partial charge in [0, 0.05) is 31.7 Å². The molecule has 8 heteroatoms. The van der Waals surface area contributed by atoms with Crippen molar-refractivity contribution in [1.82, 2.24) is 20.9 Å². The molecule has 1 aliphatic carbocycles. The first-order valence-electron chi connectivity index (χ1n) is 13.4. The minimum atomic E-state index is 0. The van der Waals surface area contributed by atoms with Gasteiger partial charge in [-0.2, -0.15) is 0 Å². The molecule has 3 aliphatic rings. The standard InChI is InChI=1S/C27H51ClN4.CH4.3H2O/c1-19(2)25(29-15-21-7-12-26(30-16-21)31-20(3)4)17-32-14-13-24(27(5,6)18-32)22-8-10-23(28)11-9-22;;;;/h8,10,19-26,29-31H,7,9,11-18H2,1-6H3;1H4;3*1H2/t21?,22?,23?,24?,25-,26?;;;;/m0..../s1. The van der Waals surface area contributed by atoms with Crippen LogP contribution in [0.5, 0.6) is 0 Å². The number of nitrogens with zero attached hydrogens (tertiary/aromatic N) is 1. The molecule has 6 atom stereocenters. The number of halogens is 1. The minimum absolute atomic E-state index is 0. The fourth-order valence-corrected chi connectivity index (χ4v) is 6.53. The molecule has 7 nitrogen and oxygen atoms in total. The molecule has 36 heavy (non-hydrogen) atoms.